The highest BCUT2D eigenvalue weighted by Gasteiger charge is 2.15. The smallest absolute Gasteiger partial charge is 0.256 e. The Kier molecular flexibility index (Phi) is 3.65. The molecule has 2 aromatic carbocycles. The summed E-state index contributed by atoms with van der Waals surface area (Å²) in [4.78, 5) is 24.5. The molecule has 6 heteroatoms. The molecule has 0 saturated heterocycles. The Balaban J connectivity index is 1.69. The molecule has 4 rings (SSSR count). The van der Waals surface area contributed by atoms with E-state index in [0.717, 1.165) is 5.39 Å². The van der Waals surface area contributed by atoms with Crippen molar-refractivity contribution in [2.75, 3.05) is 18.5 Å². The van der Waals surface area contributed by atoms with Crippen molar-refractivity contribution in [2.45, 2.75) is 0 Å². The van der Waals surface area contributed by atoms with Gasteiger partial charge in [0.2, 0.25) is 0 Å². The van der Waals surface area contributed by atoms with Crippen LogP contribution in [-0.4, -0.2) is 23.7 Å². The number of nitrogens with one attached hydrogen (secondary N) is 1. The molecule has 0 atom stereocenters. The Morgan fingerprint density at radius 3 is 2.68 bits per heavy atom. The number of hydrogen-bond donors (Lipinski definition) is 1. The van der Waals surface area contributed by atoms with Crippen molar-refractivity contribution in [1.82, 2.24) is 4.57 Å². The van der Waals surface area contributed by atoms with Crippen LogP contribution in [0.3, 0.4) is 0 Å². The Morgan fingerprint density at radius 2 is 1.84 bits per heavy atom. The summed E-state index contributed by atoms with van der Waals surface area (Å²) in [6.07, 6.45) is 0. The number of anilines is 1. The van der Waals surface area contributed by atoms with Crippen molar-refractivity contribution in [3.8, 4) is 11.5 Å². The van der Waals surface area contributed by atoms with Crippen LogP contribution in [0.15, 0.2) is 53.3 Å². The SMILES string of the molecule is Cn1c(=O)ccc2c(C(=O)Nc3ccc4c(c3)OCCO4)cccc21. The minimum Gasteiger partial charge on any atom is -0.486 e. The summed E-state index contributed by atoms with van der Waals surface area (Å²) in [5, 5.41) is 3.59. The summed E-state index contributed by atoms with van der Waals surface area (Å²) >= 11 is 0. The number of amides is 1. The van der Waals surface area contributed by atoms with Gasteiger partial charge in [-0.2, -0.15) is 0 Å². The summed E-state index contributed by atoms with van der Waals surface area (Å²) in [6, 6.07) is 13.7. The number of hydrogen-bond acceptors (Lipinski definition) is 4. The quantitative estimate of drug-likeness (QED) is 0.781. The van der Waals surface area contributed by atoms with E-state index >= 15 is 0 Å². The number of carbonyl (C=O) groups excluding carboxylic acids is 1. The molecule has 2 heterocycles. The number of aromatic nitrogens is 1. The van der Waals surface area contributed by atoms with Crippen molar-refractivity contribution in [3.05, 3.63) is 64.4 Å². The fourth-order valence-corrected chi connectivity index (χ4v) is 2.92. The lowest BCUT2D eigenvalue weighted by atomic mass is 10.1. The highest BCUT2D eigenvalue weighted by Crippen LogP contribution is 2.32. The van der Waals surface area contributed by atoms with Crippen molar-refractivity contribution in [1.29, 1.82) is 0 Å². The number of aryl methyl sites for hydroxylation is 1. The van der Waals surface area contributed by atoms with Gasteiger partial charge in [0.15, 0.2) is 11.5 Å². The van der Waals surface area contributed by atoms with E-state index in [1.807, 2.05) is 6.07 Å². The van der Waals surface area contributed by atoms with E-state index in [4.69, 9.17) is 9.47 Å². The molecule has 1 aromatic heterocycles. The Bertz CT molecular complexity index is 1040. The van der Waals surface area contributed by atoms with Gasteiger partial charge in [-0.05, 0) is 30.3 Å². The molecule has 126 valence electrons. The van der Waals surface area contributed by atoms with Gasteiger partial charge in [-0.15, -0.1) is 0 Å². The first-order chi connectivity index (χ1) is 12.1. The molecule has 0 bridgehead atoms. The van der Waals surface area contributed by atoms with Crippen LogP contribution in [0.2, 0.25) is 0 Å². The maximum absolute atomic E-state index is 12.7. The zero-order valence-corrected chi connectivity index (χ0v) is 13.6. The highest BCUT2D eigenvalue weighted by molar-refractivity contribution is 6.12. The zero-order valence-electron chi connectivity index (χ0n) is 13.6. The Hall–Kier alpha value is -3.28. The minimum atomic E-state index is -0.249. The van der Waals surface area contributed by atoms with E-state index in [1.165, 1.54) is 10.6 Å². The first-order valence-electron chi connectivity index (χ1n) is 7.93. The van der Waals surface area contributed by atoms with Crippen molar-refractivity contribution in [2.24, 2.45) is 7.05 Å². The molecular formula is C19H16N2O4. The van der Waals surface area contributed by atoms with Crippen LogP contribution in [0, 0.1) is 0 Å². The van der Waals surface area contributed by atoms with Gasteiger partial charge in [-0.3, -0.25) is 9.59 Å². The lowest BCUT2D eigenvalue weighted by Gasteiger charge is -2.19. The van der Waals surface area contributed by atoms with E-state index in [9.17, 15) is 9.59 Å². The average Bonchev–Trinajstić information content (AvgIpc) is 2.64. The number of carbonyl (C=O) groups is 1. The van der Waals surface area contributed by atoms with Crippen LogP contribution in [0.4, 0.5) is 5.69 Å². The third-order valence-corrected chi connectivity index (χ3v) is 4.21. The summed E-state index contributed by atoms with van der Waals surface area (Å²) in [6.45, 7) is 1.01. The molecule has 1 N–H and O–H groups in total. The first kappa shape index (κ1) is 15.3. The van der Waals surface area contributed by atoms with Gasteiger partial charge in [-0.1, -0.05) is 6.07 Å². The van der Waals surface area contributed by atoms with Gasteiger partial charge in [0, 0.05) is 35.8 Å². The number of nitrogens with zero attached hydrogens (tertiary/aromatic N) is 1. The second kappa shape index (κ2) is 5.98. The van der Waals surface area contributed by atoms with E-state index < -0.39 is 0 Å². The third kappa shape index (κ3) is 2.71. The van der Waals surface area contributed by atoms with Gasteiger partial charge in [-0.25, -0.2) is 0 Å². The van der Waals surface area contributed by atoms with Crippen LogP contribution in [-0.2, 0) is 7.05 Å². The second-order valence-corrected chi connectivity index (χ2v) is 5.78. The van der Waals surface area contributed by atoms with Gasteiger partial charge in [0.05, 0.1) is 5.52 Å². The molecule has 0 fully saturated rings. The number of ether oxygens (including phenoxy) is 2. The highest BCUT2D eigenvalue weighted by atomic mass is 16.6. The standard InChI is InChI=1S/C19H16N2O4/c1-21-15-4-2-3-14(13(15)6-8-18(21)22)19(23)20-12-5-7-16-17(11-12)25-10-9-24-16/h2-8,11H,9-10H2,1H3,(H,20,23). The maximum atomic E-state index is 12.7. The van der Waals surface area contributed by atoms with Crippen molar-refractivity contribution >= 4 is 22.5 Å². The average molecular weight is 336 g/mol. The molecule has 1 aliphatic heterocycles. The van der Waals surface area contributed by atoms with Crippen LogP contribution in [0.1, 0.15) is 10.4 Å². The predicted octanol–water partition coefficient (Wildman–Crippen LogP) is 2.56. The van der Waals surface area contributed by atoms with Crippen LogP contribution >= 0.6 is 0 Å². The number of benzene rings is 2. The Labute approximate surface area is 143 Å². The molecule has 0 unspecified atom stereocenters. The molecule has 3 aromatic rings. The molecular weight excluding hydrogens is 320 g/mol. The van der Waals surface area contributed by atoms with Gasteiger partial charge in [0.25, 0.3) is 11.5 Å². The number of rotatable bonds is 2. The topological polar surface area (TPSA) is 69.6 Å². The third-order valence-electron chi connectivity index (χ3n) is 4.21. The van der Waals surface area contributed by atoms with E-state index in [1.54, 1.807) is 43.4 Å². The maximum Gasteiger partial charge on any atom is 0.256 e. The molecule has 1 aliphatic rings. The van der Waals surface area contributed by atoms with Gasteiger partial charge >= 0.3 is 0 Å². The first-order valence-corrected chi connectivity index (χ1v) is 7.93. The number of fused-ring (bicyclic) bond motifs is 2. The van der Waals surface area contributed by atoms with E-state index in [0.29, 0.717) is 41.5 Å². The molecule has 0 radical (unpaired) electrons. The van der Waals surface area contributed by atoms with Crippen LogP contribution in [0.5, 0.6) is 11.5 Å². The Morgan fingerprint density at radius 1 is 1.04 bits per heavy atom. The summed E-state index contributed by atoms with van der Waals surface area (Å²) in [5.74, 6) is 1.04. The summed E-state index contributed by atoms with van der Waals surface area (Å²) in [5.41, 5.74) is 1.72. The molecule has 0 aliphatic carbocycles. The van der Waals surface area contributed by atoms with E-state index in [2.05, 4.69) is 5.32 Å². The van der Waals surface area contributed by atoms with Crippen LogP contribution < -0.4 is 20.3 Å². The zero-order chi connectivity index (χ0) is 17.4. The van der Waals surface area contributed by atoms with Crippen molar-refractivity contribution < 1.29 is 14.3 Å². The molecule has 1 amide bonds. The van der Waals surface area contributed by atoms with Gasteiger partial charge < -0.3 is 19.4 Å². The molecule has 0 spiro atoms. The monoisotopic (exact) mass is 336 g/mol. The predicted molar refractivity (Wildman–Crippen MR) is 94.6 cm³/mol. The van der Waals surface area contributed by atoms with E-state index in [-0.39, 0.29) is 11.5 Å². The second-order valence-electron chi connectivity index (χ2n) is 5.78. The molecule has 6 nitrogen and oxygen atoms in total. The molecule has 25 heavy (non-hydrogen) atoms. The number of pyridine rings is 1. The summed E-state index contributed by atoms with van der Waals surface area (Å²) < 4.78 is 12.5. The lowest BCUT2D eigenvalue weighted by Crippen LogP contribution is -2.18. The minimum absolute atomic E-state index is 0.114. The van der Waals surface area contributed by atoms with Gasteiger partial charge in [0.1, 0.15) is 13.2 Å². The fraction of sp³-hybridized carbons (Fsp3) is 0.158. The van der Waals surface area contributed by atoms with Crippen molar-refractivity contribution in [3.63, 3.8) is 0 Å². The van der Waals surface area contributed by atoms with Crippen LogP contribution in [0.25, 0.3) is 10.9 Å². The summed E-state index contributed by atoms with van der Waals surface area (Å²) in [7, 11) is 1.69. The normalized spacial score (nSPS) is 12.8. The largest absolute Gasteiger partial charge is 0.486 e. The molecule has 0 saturated carbocycles. The fourth-order valence-electron chi connectivity index (χ4n) is 2.92. The lowest BCUT2D eigenvalue weighted by molar-refractivity contribution is 0.102.